The Hall–Kier alpha value is -0.990. The lowest BCUT2D eigenvalue weighted by atomic mass is 10.2. The molecule has 0 bridgehead atoms. The Bertz CT molecular complexity index is 305. The highest BCUT2D eigenvalue weighted by Gasteiger charge is 2.14. The first-order valence-corrected chi connectivity index (χ1v) is 6.02. The van der Waals surface area contributed by atoms with Gasteiger partial charge in [0, 0.05) is 6.54 Å². The third-order valence-electron chi connectivity index (χ3n) is 2.64. The third kappa shape index (κ3) is 2.74. The number of hydrogen-bond acceptors (Lipinski definition) is 2. The zero-order valence-electron chi connectivity index (χ0n) is 10.1. The summed E-state index contributed by atoms with van der Waals surface area (Å²) in [5, 5.41) is 14.4. The summed E-state index contributed by atoms with van der Waals surface area (Å²) >= 11 is 0. The number of unbranched alkanes of at least 4 members (excludes halogenated alkanes) is 1. The normalized spacial score (nSPS) is 10.9. The average molecular weight is 210 g/mol. The van der Waals surface area contributed by atoms with Gasteiger partial charge in [-0.25, -0.2) is 0 Å². The first-order chi connectivity index (χ1) is 7.24. The lowest BCUT2D eigenvalue weighted by Gasteiger charge is -2.03. The summed E-state index contributed by atoms with van der Waals surface area (Å²) in [6.07, 6.45) is 5.04. The van der Waals surface area contributed by atoms with Gasteiger partial charge >= 0.3 is 0 Å². The molecule has 0 fully saturated rings. The molecule has 3 heteroatoms. The van der Waals surface area contributed by atoms with Crippen LogP contribution in [0.2, 0.25) is 0 Å². The molecule has 3 nitrogen and oxygen atoms in total. The maximum atomic E-state index is 9.96. The molecular formula is C12H22N2O. The van der Waals surface area contributed by atoms with Crippen LogP contribution < -0.4 is 0 Å². The van der Waals surface area contributed by atoms with E-state index in [-0.39, 0.29) is 0 Å². The van der Waals surface area contributed by atoms with Crippen LogP contribution in [0.25, 0.3) is 0 Å². The first kappa shape index (κ1) is 12.1. The Morgan fingerprint density at radius 1 is 1.20 bits per heavy atom. The molecular weight excluding hydrogens is 188 g/mol. The van der Waals surface area contributed by atoms with E-state index in [2.05, 4.69) is 25.9 Å². The molecule has 86 valence electrons. The van der Waals surface area contributed by atoms with Crippen molar-refractivity contribution in [2.45, 2.75) is 59.4 Å². The van der Waals surface area contributed by atoms with Gasteiger partial charge in [0.15, 0.2) is 5.75 Å². The van der Waals surface area contributed by atoms with Crippen molar-refractivity contribution >= 4 is 0 Å². The van der Waals surface area contributed by atoms with Crippen molar-refractivity contribution in [1.29, 1.82) is 0 Å². The predicted molar refractivity (Wildman–Crippen MR) is 62.2 cm³/mol. The smallest absolute Gasteiger partial charge is 0.160 e. The van der Waals surface area contributed by atoms with Gasteiger partial charge in [-0.1, -0.05) is 33.6 Å². The predicted octanol–water partition coefficient (Wildman–Crippen LogP) is 2.90. The summed E-state index contributed by atoms with van der Waals surface area (Å²) in [6.45, 7) is 7.27. The number of aromatic nitrogens is 2. The molecule has 0 radical (unpaired) electrons. The van der Waals surface area contributed by atoms with Gasteiger partial charge in [0.25, 0.3) is 0 Å². The maximum Gasteiger partial charge on any atom is 0.160 e. The molecule has 0 amide bonds. The molecule has 1 heterocycles. The van der Waals surface area contributed by atoms with Crippen LogP contribution in [0.4, 0.5) is 0 Å². The molecule has 1 aromatic heterocycles. The number of nitrogens with zero attached hydrogens (tertiary/aromatic N) is 2. The van der Waals surface area contributed by atoms with Crippen LogP contribution >= 0.6 is 0 Å². The van der Waals surface area contributed by atoms with Crippen LogP contribution in [0.5, 0.6) is 5.75 Å². The van der Waals surface area contributed by atoms with E-state index in [1.165, 1.54) is 0 Å². The van der Waals surface area contributed by atoms with Crippen LogP contribution in [0.15, 0.2) is 0 Å². The second-order valence-corrected chi connectivity index (χ2v) is 3.92. The van der Waals surface area contributed by atoms with Crippen LogP contribution in [0.1, 0.15) is 51.4 Å². The van der Waals surface area contributed by atoms with Crippen LogP contribution in [0.3, 0.4) is 0 Å². The summed E-state index contributed by atoms with van der Waals surface area (Å²) < 4.78 is 1.98. The fraction of sp³-hybridized carbons (Fsp3) is 0.750. The van der Waals surface area contributed by atoms with Gasteiger partial charge in [-0.05, 0) is 19.3 Å². The monoisotopic (exact) mass is 210 g/mol. The Balaban J connectivity index is 2.88. The lowest BCUT2D eigenvalue weighted by Crippen LogP contribution is -2.04. The molecule has 0 unspecified atom stereocenters. The summed E-state index contributed by atoms with van der Waals surface area (Å²) in [4.78, 5) is 0. The average Bonchev–Trinajstić information content (AvgIpc) is 2.53. The first-order valence-electron chi connectivity index (χ1n) is 6.02. The van der Waals surface area contributed by atoms with E-state index >= 15 is 0 Å². The molecule has 1 aromatic rings. The lowest BCUT2D eigenvalue weighted by molar-refractivity contribution is 0.457. The molecule has 1 rings (SSSR count). The fourth-order valence-electron chi connectivity index (χ4n) is 1.79. The minimum atomic E-state index is 0.426. The van der Waals surface area contributed by atoms with Gasteiger partial charge in [0.2, 0.25) is 0 Å². The van der Waals surface area contributed by atoms with Gasteiger partial charge in [0.1, 0.15) is 5.69 Å². The quantitative estimate of drug-likeness (QED) is 0.784. The minimum Gasteiger partial charge on any atom is -0.504 e. The largest absolute Gasteiger partial charge is 0.504 e. The van der Waals surface area contributed by atoms with E-state index in [9.17, 15) is 5.11 Å². The molecule has 0 saturated carbocycles. The molecule has 15 heavy (non-hydrogen) atoms. The van der Waals surface area contributed by atoms with Crippen molar-refractivity contribution in [3.63, 3.8) is 0 Å². The third-order valence-corrected chi connectivity index (χ3v) is 2.64. The van der Waals surface area contributed by atoms with Gasteiger partial charge in [-0.2, -0.15) is 5.10 Å². The number of aryl methyl sites for hydroxylation is 2. The van der Waals surface area contributed by atoms with E-state index in [1.807, 2.05) is 4.68 Å². The van der Waals surface area contributed by atoms with Crippen LogP contribution in [0, 0.1) is 0 Å². The summed E-state index contributed by atoms with van der Waals surface area (Å²) in [5.41, 5.74) is 1.86. The summed E-state index contributed by atoms with van der Waals surface area (Å²) in [6, 6.07) is 0. The number of aromatic hydroxyl groups is 1. The van der Waals surface area contributed by atoms with E-state index in [4.69, 9.17) is 0 Å². The topological polar surface area (TPSA) is 38.0 Å². The molecule has 0 aliphatic rings. The molecule has 0 saturated heterocycles. The highest BCUT2D eigenvalue weighted by Crippen LogP contribution is 2.24. The van der Waals surface area contributed by atoms with Crippen molar-refractivity contribution in [3.05, 3.63) is 11.4 Å². The fourth-order valence-corrected chi connectivity index (χ4v) is 1.79. The highest BCUT2D eigenvalue weighted by molar-refractivity contribution is 5.32. The van der Waals surface area contributed by atoms with Crippen molar-refractivity contribution in [3.8, 4) is 5.75 Å². The van der Waals surface area contributed by atoms with Gasteiger partial charge in [0.05, 0.1) is 5.69 Å². The standard InChI is InChI=1S/C12H22N2O/c1-4-7-9-14-11(6-3)12(15)10(13-14)8-5-2/h15H,4-9H2,1-3H3. The maximum absolute atomic E-state index is 9.96. The Labute approximate surface area is 92.1 Å². The SMILES string of the molecule is CCCCn1nc(CCC)c(O)c1CC. The van der Waals surface area contributed by atoms with Crippen molar-refractivity contribution in [1.82, 2.24) is 9.78 Å². The Morgan fingerprint density at radius 3 is 2.47 bits per heavy atom. The number of rotatable bonds is 6. The zero-order valence-corrected chi connectivity index (χ0v) is 10.1. The molecule has 0 aromatic carbocycles. The highest BCUT2D eigenvalue weighted by atomic mass is 16.3. The molecule has 0 aliphatic carbocycles. The number of hydrogen-bond donors (Lipinski definition) is 1. The van der Waals surface area contributed by atoms with E-state index in [0.717, 1.165) is 50.0 Å². The van der Waals surface area contributed by atoms with E-state index in [1.54, 1.807) is 0 Å². The van der Waals surface area contributed by atoms with Gasteiger partial charge in [-0.3, -0.25) is 4.68 Å². The van der Waals surface area contributed by atoms with Crippen molar-refractivity contribution in [2.24, 2.45) is 0 Å². The molecule has 1 N–H and O–H groups in total. The second kappa shape index (κ2) is 5.79. The summed E-state index contributed by atoms with van der Waals surface area (Å²) in [7, 11) is 0. The Morgan fingerprint density at radius 2 is 1.93 bits per heavy atom. The van der Waals surface area contributed by atoms with Crippen molar-refractivity contribution < 1.29 is 5.11 Å². The zero-order chi connectivity index (χ0) is 11.3. The van der Waals surface area contributed by atoms with Gasteiger partial charge in [-0.15, -0.1) is 0 Å². The Kier molecular flexibility index (Phi) is 4.66. The van der Waals surface area contributed by atoms with E-state index in [0.29, 0.717) is 5.75 Å². The second-order valence-electron chi connectivity index (χ2n) is 3.92. The van der Waals surface area contributed by atoms with Crippen LogP contribution in [-0.4, -0.2) is 14.9 Å². The molecule has 0 aliphatic heterocycles. The molecule has 0 atom stereocenters. The van der Waals surface area contributed by atoms with Gasteiger partial charge < -0.3 is 5.11 Å². The van der Waals surface area contributed by atoms with E-state index < -0.39 is 0 Å². The summed E-state index contributed by atoms with van der Waals surface area (Å²) in [5.74, 6) is 0.426. The molecule has 0 spiro atoms. The minimum absolute atomic E-state index is 0.426. The van der Waals surface area contributed by atoms with Crippen molar-refractivity contribution in [2.75, 3.05) is 0 Å². The van der Waals surface area contributed by atoms with Crippen LogP contribution in [-0.2, 0) is 19.4 Å².